The molecule has 6 nitrogen and oxygen atoms in total. The highest BCUT2D eigenvalue weighted by Gasteiger charge is 2.11. The molecule has 0 aliphatic rings. The second-order valence-electron chi connectivity index (χ2n) is 4.40. The minimum absolute atomic E-state index is 0.102. The summed E-state index contributed by atoms with van der Waals surface area (Å²) in [6.07, 6.45) is -1.91. The van der Waals surface area contributed by atoms with Crippen LogP contribution in [0.25, 0.3) is 0 Å². The number of ketones is 2. The van der Waals surface area contributed by atoms with Crippen LogP contribution in [-0.4, -0.2) is 38.3 Å². The molecule has 2 rings (SSSR count). The molecule has 0 amide bonds. The maximum Gasteiger partial charge on any atom is 0.218 e. The normalized spacial score (nSPS) is 9.82. The molecule has 116 valence electrons. The van der Waals surface area contributed by atoms with Gasteiger partial charge in [-0.25, -0.2) is 0 Å². The number of aromatic hydroxyl groups is 2. The zero-order valence-electron chi connectivity index (χ0n) is 11.8. The average molecular weight is 304 g/mol. The average Bonchev–Trinajstić information content (AvgIpc) is 2.47. The van der Waals surface area contributed by atoms with E-state index in [1.165, 1.54) is 37.3 Å². The number of hydrogen-bond acceptors (Lipinski definition) is 6. The van der Waals surface area contributed by atoms with Gasteiger partial charge in [-0.1, -0.05) is 30.3 Å². The lowest BCUT2D eigenvalue weighted by Crippen LogP contribution is -2.18. The monoisotopic (exact) mass is 304 g/mol. The smallest absolute Gasteiger partial charge is 0.218 e. The van der Waals surface area contributed by atoms with Crippen molar-refractivity contribution in [1.82, 2.24) is 0 Å². The van der Waals surface area contributed by atoms with Crippen LogP contribution >= 0.6 is 0 Å². The van der Waals surface area contributed by atoms with Gasteiger partial charge < -0.3 is 20.4 Å². The van der Waals surface area contributed by atoms with Gasteiger partial charge in [0.1, 0.15) is 11.5 Å². The quantitative estimate of drug-likeness (QED) is 0.504. The first-order chi connectivity index (χ1) is 10.3. The number of benzene rings is 2. The standard InChI is InChI=1S/2C8H8O3/c1-5(9)6-2-7(10)4-8(11)3-6;9-7(8(10)11)6-4-2-1-3-5-6/h2-4,10-11H,1H3;1-5,8,10-11H. The molecular formula is C16H16O6. The van der Waals surface area contributed by atoms with Crippen LogP contribution in [0.5, 0.6) is 11.5 Å². The van der Waals surface area contributed by atoms with Gasteiger partial charge in [-0.3, -0.25) is 9.59 Å². The molecule has 2 aromatic carbocycles. The van der Waals surface area contributed by atoms with Gasteiger partial charge in [-0.2, -0.15) is 0 Å². The highest BCUT2D eigenvalue weighted by molar-refractivity contribution is 5.98. The number of aliphatic hydroxyl groups is 2. The van der Waals surface area contributed by atoms with Gasteiger partial charge >= 0.3 is 0 Å². The molecule has 0 heterocycles. The van der Waals surface area contributed by atoms with Gasteiger partial charge in [0.15, 0.2) is 5.78 Å². The van der Waals surface area contributed by atoms with Gasteiger partial charge in [0, 0.05) is 17.2 Å². The third-order valence-electron chi connectivity index (χ3n) is 2.60. The predicted molar refractivity (Wildman–Crippen MR) is 78.8 cm³/mol. The molecule has 6 heteroatoms. The van der Waals surface area contributed by atoms with Crippen LogP contribution in [0, 0.1) is 0 Å². The van der Waals surface area contributed by atoms with Crippen molar-refractivity contribution in [2.75, 3.05) is 0 Å². The fourth-order valence-corrected chi connectivity index (χ4v) is 1.55. The third kappa shape index (κ3) is 5.35. The van der Waals surface area contributed by atoms with Crippen molar-refractivity contribution in [1.29, 1.82) is 0 Å². The number of aliphatic hydroxyl groups excluding tert-OH is 1. The number of Topliss-reactive ketones (excluding diaryl/α,β-unsaturated/α-hetero) is 2. The molecule has 0 aliphatic heterocycles. The Balaban J connectivity index is 0.000000220. The summed E-state index contributed by atoms with van der Waals surface area (Å²) in [6, 6.07) is 11.9. The number of carbonyl (C=O) groups excluding carboxylic acids is 2. The first kappa shape index (κ1) is 17.4. The van der Waals surface area contributed by atoms with Crippen LogP contribution in [0.15, 0.2) is 48.5 Å². The van der Waals surface area contributed by atoms with E-state index in [2.05, 4.69) is 0 Å². The van der Waals surface area contributed by atoms with Crippen LogP contribution < -0.4 is 0 Å². The van der Waals surface area contributed by atoms with Crippen LogP contribution in [0.3, 0.4) is 0 Å². The number of rotatable bonds is 3. The van der Waals surface area contributed by atoms with Crippen molar-refractivity contribution in [3.63, 3.8) is 0 Å². The fraction of sp³-hybridized carbons (Fsp3) is 0.125. The summed E-state index contributed by atoms with van der Waals surface area (Å²) in [6.45, 7) is 1.37. The molecule has 0 fully saturated rings. The molecule has 0 spiro atoms. The number of carbonyl (C=O) groups is 2. The van der Waals surface area contributed by atoms with E-state index in [9.17, 15) is 9.59 Å². The highest BCUT2D eigenvalue weighted by Crippen LogP contribution is 2.20. The Morgan fingerprint density at radius 1 is 0.864 bits per heavy atom. The fourth-order valence-electron chi connectivity index (χ4n) is 1.55. The van der Waals surface area contributed by atoms with Gasteiger partial charge in [0.2, 0.25) is 12.1 Å². The Bertz CT molecular complexity index is 629. The first-order valence-electron chi connectivity index (χ1n) is 6.30. The molecule has 4 N–H and O–H groups in total. The molecule has 2 aromatic rings. The molecule has 0 saturated carbocycles. The van der Waals surface area contributed by atoms with Crippen molar-refractivity contribution < 1.29 is 30.0 Å². The number of hydrogen-bond donors (Lipinski definition) is 4. The molecule has 22 heavy (non-hydrogen) atoms. The summed E-state index contributed by atoms with van der Waals surface area (Å²) in [5, 5.41) is 34.8. The molecule has 0 saturated heterocycles. The number of phenols is 2. The third-order valence-corrected chi connectivity index (χ3v) is 2.60. The minimum Gasteiger partial charge on any atom is -0.508 e. The van der Waals surface area contributed by atoms with Crippen molar-refractivity contribution in [3.05, 3.63) is 59.7 Å². The second-order valence-corrected chi connectivity index (χ2v) is 4.40. The van der Waals surface area contributed by atoms with Crippen LogP contribution in [-0.2, 0) is 0 Å². The number of phenolic OH excluding ortho intramolecular Hbond substituents is 2. The van der Waals surface area contributed by atoms with Crippen LogP contribution in [0.4, 0.5) is 0 Å². The van der Waals surface area contributed by atoms with Gasteiger partial charge in [0.25, 0.3) is 0 Å². The zero-order chi connectivity index (χ0) is 16.7. The lowest BCUT2D eigenvalue weighted by molar-refractivity contribution is -0.0195. The second kappa shape index (κ2) is 7.92. The van der Waals surface area contributed by atoms with Crippen molar-refractivity contribution in [2.45, 2.75) is 13.2 Å². The molecule has 0 aliphatic carbocycles. The van der Waals surface area contributed by atoms with Crippen LogP contribution in [0.2, 0.25) is 0 Å². The van der Waals surface area contributed by atoms with Gasteiger partial charge in [0.05, 0.1) is 0 Å². The lowest BCUT2D eigenvalue weighted by atomic mass is 10.1. The Hall–Kier alpha value is -2.70. The maximum absolute atomic E-state index is 10.8. The highest BCUT2D eigenvalue weighted by atomic mass is 16.5. The van der Waals surface area contributed by atoms with E-state index in [-0.39, 0.29) is 17.3 Å². The molecular weight excluding hydrogens is 288 g/mol. The SMILES string of the molecule is CC(=O)c1cc(O)cc(O)c1.O=C(c1ccccc1)C(O)O. The van der Waals surface area contributed by atoms with Crippen molar-refractivity contribution >= 4 is 11.6 Å². The van der Waals surface area contributed by atoms with Crippen LogP contribution in [0.1, 0.15) is 27.6 Å². The molecule has 0 bridgehead atoms. The summed E-state index contributed by atoms with van der Waals surface area (Å²) in [5.74, 6) is -1.06. The molecule has 0 aromatic heterocycles. The summed E-state index contributed by atoms with van der Waals surface area (Å²) >= 11 is 0. The molecule has 0 unspecified atom stereocenters. The van der Waals surface area contributed by atoms with E-state index in [4.69, 9.17) is 20.4 Å². The zero-order valence-corrected chi connectivity index (χ0v) is 11.8. The largest absolute Gasteiger partial charge is 0.508 e. The summed E-state index contributed by atoms with van der Waals surface area (Å²) in [7, 11) is 0. The van der Waals surface area contributed by atoms with E-state index in [1.54, 1.807) is 18.2 Å². The van der Waals surface area contributed by atoms with Crippen molar-refractivity contribution in [2.24, 2.45) is 0 Å². The summed E-state index contributed by atoms with van der Waals surface area (Å²) in [4.78, 5) is 21.6. The first-order valence-corrected chi connectivity index (χ1v) is 6.30. The van der Waals surface area contributed by atoms with Crippen molar-refractivity contribution in [3.8, 4) is 11.5 Å². The molecule has 0 radical (unpaired) electrons. The van der Waals surface area contributed by atoms with E-state index >= 15 is 0 Å². The topological polar surface area (TPSA) is 115 Å². The van der Waals surface area contributed by atoms with E-state index in [0.29, 0.717) is 11.1 Å². The minimum atomic E-state index is -1.91. The van der Waals surface area contributed by atoms with E-state index in [1.807, 2.05) is 0 Å². The Labute approximate surface area is 126 Å². The Kier molecular flexibility index (Phi) is 6.25. The molecule has 0 atom stereocenters. The van der Waals surface area contributed by atoms with E-state index < -0.39 is 12.1 Å². The Morgan fingerprint density at radius 3 is 1.77 bits per heavy atom. The van der Waals surface area contributed by atoms with Gasteiger partial charge in [-0.15, -0.1) is 0 Å². The predicted octanol–water partition coefficient (Wildman–Crippen LogP) is 1.48. The summed E-state index contributed by atoms with van der Waals surface area (Å²) in [5.41, 5.74) is 0.616. The maximum atomic E-state index is 10.8. The Morgan fingerprint density at radius 2 is 1.36 bits per heavy atom. The summed E-state index contributed by atoms with van der Waals surface area (Å²) < 4.78 is 0. The lowest BCUT2D eigenvalue weighted by Gasteiger charge is -2.00. The van der Waals surface area contributed by atoms with Gasteiger partial charge in [-0.05, 0) is 19.1 Å². The van der Waals surface area contributed by atoms with E-state index in [0.717, 1.165) is 0 Å².